The van der Waals surface area contributed by atoms with Crippen molar-refractivity contribution in [3.8, 4) is 0 Å². The van der Waals surface area contributed by atoms with Crippen LogP contribution in [0.15, 0.2) is 12.1 Å². The van der Waals surface area contributed by atoms with Gasteiger partial charge in [-0.15, -0.1) is 0 Å². The molecule has 0 radical (unpaired) electrons. The first-order valence-electron chi connectivity index (χ1n) is 9.27. The molecule has 1 saturated heterocycles. The summed E-state index contributed by atoms with van der Waals surface area (Å²) in [5, 5.41) is 2.48. The first kappa shape index (κ1) is 21.4. The van der Waals surface area contributed by atoms with Crippen molar-refractivity contribution in [3.05, 3.63) is 23.4 Å². The number of hydrogen-bond donors (Lipinski definition) is 1. The van der Waals surface area contributed by atoms with E-state index >= 15 is 0 Å². The number of nitrogens with one attached hydrogen (secondary N) is 1. The molecule has 0 aromatic carbocycles. The number of likely N-dealkylation sites (tertiary alicyclic amines) is 1. The molecule has 2 aliphatic rings. The van der Waals surface area contributed by atoms with E-state index in [1.165, 1.54) is 18.1 Å². The van der Waals surface area contributed by atoms with Gasteiger partial charge in [-0.2, -0.15) is 13.2 Å². The van der Waals surface area contributed by atoms with Crippen LogP contribution in [0.25, 0.3) is 0 Å². The summed E-state index contributed by atoms with van der Waals surface area (Å²) in [7, 11) is 1.39. The molecule has 0 bridgehead atoms. The minimum Gasteiger partial charge on any atom is -0.444 e. The summed E-state index contributed by atoms with van der Waals surface area (Å²) < 4.78 is 49.5. The van der Waals surface area contributed by atoms with Crippen LogP contribution in [-0.2, 0) is 27.1 Å². The number of fused-ring (bicyclic) bond motifs is 1. The molecule has 1 aliphatic carbocycles. The van der Waals surface area contributed by atoms with Gasteiger partial charge in [-0.05, 0) is 45.1 Å². The van der Waals surface area contributed by atoms with Gasteiger partial charge in [-0.25, -0.2) is 9.78 Å². The van der Waals surface area contributed by atoms with Gasteiger partial charge in [0.15, 0.2) is 0 Å². The highest BCUT2D eigenvalue weighted by Crippen LogP contribution is 2.50. The van der Waals surface area contributed by atoms with Crippen molar-refractivity contribution in [2.24, 2.45) is 11.8 Å². The average molecular weight is 415 g/mol. The quantitative estimate of drug-likeness (QED) is 0.815. The van der Waals surface area contributed by atoms with Crippen LogP contribution in [0.3, 0.4) is 0 Å². The SMILES string of the molecule is COCc1ccc(C(F)(F)F)nc1NC(=O)[C@@H]1[C@@H]2C[C@@H]2CN1C(=O)OC(C)(C)C. The molecule has 1 aliphatic heterocycles. The second-order valence-corrected chi connectivity index (χ2v) is 8.36. The van der Waals surface area contributed by atoms with E-state index in [0.717, 1.165) is 12.5 Å². The fourth-order valence-corrected chi connectivity index (χ4v) is 3.53. The lowest BCUT2D eigenvalue weighted by atomic mass is 10.1. The van der Waals surface area contributed by atoms with Gasteiger partial charge < -0.3 is 14.8 Å². The first-order chi connectivity index (χ1) is 13.4. The lowest BCUT2D eigenvalue weighted by Crippen LogP contribution is -2.47. The van der Waals surface area contributed by atoms with Crippen LogP contribution in [0.1, 0.15) is 38.4 Å². The number of ether oxygens (including phenoxy) is 2. The molecule has 1 saturated carbocycles. The van der Waals surface area contributed by atoms with E-state index in [1.807, 2.05) is 0 Å². The Bertz CT molecular complexity index is 807. The Morgan fingerprint density at radius 3 is 2.55 bits per heavy atom. The van der Waals surface area contributed by atoms with Gasteiger partial charge in [0.2, 0.25) is 5.91 Å². The van der Waals surface area contributed by atoms with Crippen molar-refractivity contribution in [1.29, 1.82) is 0 Å². The average Bonchev–Trinajstić information content (AvgIpc) is 3.23. The third-order valence-corrected chi connectivity index (χ3v) is 4.86. The molecule has 29 heavy (non-hydrogen) atoms. The van der Waals surface area contributed by atoms with E-state index in [2.05, 4.69) is 10.3 Å². The third-order valence-electron chi connectivity index (χ3n) is 4.86. The summed E-state index contributed by atoms with van der Waals surface area (Å²) in [6, 6.07) is 1.25. The van der Waals surface area contributed by atoms with Gasteiger partial charge in [0.05, 0.1) is 6.61 Å². The van der Waals surface area contributed by atoms with Crippen molar-refractivity contribution in [2.75, 3.05) is 19.0 Å². The topological polar surface area (TPSA) is 80.8 Å². The van der Waals surface area contributed by atoms with Crippen LogP contribution in [0.5, 0.6) is 0 Å². The Kier molecular flexibility index (Phi) is 5.50. The van der Waals surface area contributed by atoms with Crippen molar-refractivity contribution in [2.45, 2.75) is 51.6 Å². The van der Waals surface area contributed by atoms with E-state index in [9.17, 15) is 22.8 Å². The van der Waals surface area contributed by atoms with Gasteiger partial charge in [0, 0.05) is 19.2 Å². The zero-order valence-electron chi connectivity index (χ0n) is 16.7. The molecule has 2 heterocycles. The van der Waals surface area contributed by atoms with E-state index in [-0.39, 0.29) is 24.3 Å². The number of hydrogen-bond acceptors (Lipinski definition) is 5. The van der Waals surface area contributed by atoms with Gasteiger partial charge >= 0.3 is 12.3 Å². The maximum atomic E-state index is 13.0. The molecule has 3 atom stereocenters. The highest BCUT2D eigenvalue weighted by molar-refractivity contribution is 5.97. The number of carbonyl (C=O) groups is 2. The van der Waals surface area contributed by atoms with E-state index in [1.54, 1.807) is 20.8 Å². The summed E-state index contributed by atoms with van der Waals surface area (Å²) in [6.45, 7) is 5.53. The molecular formula is C19H24F3N3O4. The lowest BCUT2D eigenvalue weighted by molar-refractivity contribution is -0.141. The molecule has 0 spiro atoms. The zero-order valence-corrected chi connectivity index (χ0v) is 16.7. The molecular weight excluding hydrogens is 391 g/mol. The number of methoxy groups -OCH3 is 1. The van der Waals surface area contributed by atoms with Gasteiger partial charge in [-0.1, -0.05) is 6.07 Å². The maximum absolute atomic E-state index is 13.0. The first-order valence-corrected chi connectivity index (χ1v) is 9.27. The van der Waals surface area contributed by atoms with E-state index < -0.39 is 35.5 Å². The minimum atomic E-state index is -4.65. The van der Waals surface area contributed by atoms with Crippen molar-refractivity contribution in [1.82, 2.24) is 9.88 Å². The second-order valence-electron chi connectivity index (χ2n) is 8.36. The van der Waals surface area contributed by atoms with Crippen LogP contribution >= 0.6 is 0 Å². The van der Waals surface area contributed by atoms with Crippen LogP contribution in [0.4, 0.5) is 23.8 Å². The van der Waals surface area contributed by atoms with Crippen LogP contribution in [0, 0.1) is 11.8 Å². The van der Waals surface area contributed by atoms with Crippen molar-refractivity contribution < 1.29 is 32.2 Å². The van der Waals surface area contributed by atoms with Crippen LogP contribution in [-0.4, -0.2) is 47.2 Å². The fraction of sp³-hybridized carbons (Fsp3) is 0.632. The molecule has 10 heteroatoms. The normalized spacial score (nSPS) is 23.6. The highest BCUT2D eigenvalue weighted by atomic mass is 19.4. The Balaban J connectivity index is 1.82. The maximum Gasteiger partial charge on any atom is 0.433 e. The number of carbonyl (C=O) groups excluding carboxylic acids is 2. The third kappa shape index (κ3) is 4.80. The predicted octanol–water partition coefficient (Wildman–Crippen LogP) is 3.44. The van der Waals surface area contributed by atoms with Crippen LogP contribution < -0.4 is 5.32 Å². The number of rotatable bonds is 4. The number of amides is 2. The van der Waals surface area contributed by atoms with Crippen molar-refractivity contribution in [3.63, 3.8) is 0 Å². The predicted molar refractivity (Wildman–Crippen MR) is 96.9 cm³/mol. The van der Waals surface area contributed by atoms with Gasteiger partial charge in [0.1, 0.15) is 23.2 Å². The summed E-state index contributed by atoms with van der Waals surface area (Å²) in [5.74, 6) is -0.629. The number of piperidine rings is 1. The number of aromatic nitrogens is 1. The number of nitrogens with zero attached hydrogens (tertiary/aromatic N) is 2. The molecule has 1 aromatic rings. The summed E-state index contributed by atoms with van der Waals surface area (Å²) in [6.07, 6.45) is -4.47. The van der Waals surface area contributed by atoms with Gasteiger partial charge in [-0.3, -0.25) is 9.69 Å². The largest absolute Gasteiger partial charge is 0.444 e. The standard InChI is InChI=1S/C19H24F3N3O4/c1-18(2,3)29-17(27)25-8-11-7-12(11)14(25)16(26)24-15-10(9-28-4)5-6-13(23-15)19(20,21)22/h5-6,11-12,14H,7-9H2,1-4H3,(H,23,24,26)/t11-,12-,14+/m1/s1. The van der Waals surface area contributed by atoms with Crippen molar-refractivity contribution >= 4 is 17.8 Å². The Labute approximate surface area is 166 Å². The second kappa shape index (κ2) is 7.47. The summed E-state index contributed by atoms with van der Waals surface area (Å²) in [4.78, 5) is 30.3. The minimum absolute atomic E-state index is 0.0206. The fourth-order valence-electron chi connectivity index (χ4n) is 3.53. The highest BCUT2D eigenvalue weighted by Gasteiger charge is 2.57. The number of anilines is 1. The molecule has 1 N–H and O–H groups in total. The lowest BCUT2D eigenvalue weighted by Gasteiger charge is -2.29. The summed E-state index contributed by atoms with van der Waals surface area (Å²) in [5.41, 5.74) is -1.53. The monoisotopic (exact) mass is 415 g/mol. The number of pyridine rings is 1. The molecule has 160 valence electrons. The van der Waals surface area contributed by atoms with E-state index in [4.69, 9.17) is 9.47 Å². The Morgan fingerprint density at radius 1 is 1.28 bits per heavy atom. The molecule has 1 aromatic heterocycles. The van der Waals surface area contributed by atoms with Crippen LogP contribution in [0.2, 0.25) is 0 Å². The number of alkyl halides is 3. The molecule has 2 fully saturated rings. The smallest absolute Gasteiger partial charge is 0.433 e. The van der Waals surface area contributed by atoms with Gasteiger partial charge in [0.25, 0.3) is 0 Å². The molecule has 0 unspecified atom stereocenters. The molecule has 7 nitrogen and oxygen atoms in total. The zero-order chi connectivity index (χ0) is 21.6. The summed E-state index contributed by atoms with van der Waals surface area (Å²) >= 11 is 0. The molecule has 2 amide bonds. The Hall–Kier alpha value is -2.36. The molecule has 3 rings (SSSR count). The van der Waals surface area contributed by atoms with E-state index in [0.29, 0.717) is 12.1 Å². The number of halogens is 3. The Morgan fingerprint density at radius 2 is 1.97 bits per heavy atom.